The second kappa shape index (κ2) is 5.54. The Hall–Kier alpha value is -1.02. The second-order valence-corrected chi connectivity index (χ2v) is 5.23. The van der Waals surface area contributed by atoms with Gasteiger partial charge in [-0.2, -0.15) is 0 Å². The molecule has 1 fully saturated rings. The third kappa shape index (κ3) is 3.47. The molecule has 1 aromatic carbocycles. The maximum atomic E-state index is 5.96. The van der Waals surface area contributed by atoms with Crippen molar-refractivity contribution in [2.45, 2.75) is 58.2 Å². The van der Waals surface area contributed by atoms with Gasteiger partial charge in [0, 0.05) is 12.1 Å². The zero-order chi connectivity index (χ0) is 12.3. The van der Waals surface area contributed by atoms with Gasteiger partial charge in [-0.3, -0.25) is 0 Å². The van der Waals surface area contributed by atoms with Gasteiger partial charge in [-0.05, 0) is 37.0 Å². The van der Waals surface area contributed by atoms with E-state index in [1.54, 1.807) is 0 Å². The van der Waals surface area contributed by atoms with Crippen LogP contribution in [0.3, 0.4) is 0 Å². The fourth-order valence-electron chi connectivity index (χ4n) is 2.30. The zero-order valence-electron chi connectivity index (χ0n) is 11.1. The Bertz CT molecular complexity index is 356. The second-order valence-electron chi connectivity index (χ2n) is 5.23. The molecule has 1 saturated carbocycles. The molecule has 1 aliphatic carbocycles. The molecule has 0 bridgehead atoms. The monoisotopic (exact) mass is 233 g/mol. The fraction of sp³-hybridized carbons (Fsp3) is 0.600. The van der Waals surface area contributed by atoms with E-state index in [9.17, 15) is 0 Å². The summed E-state index contributed by atoms with van der Waals surface area (Å²) in [6, 6.07) is 9.66. The summed E-state index contributed by atoms with van der Waals surface area (Å²) in [6.07, 6.45) is 3.74. The Morgan fingerprint density at radius 3 is 2.76 bits per heavy atom. The van der Waals surface area contributed by atoms with Crippen molar-refractivity contribution in [2.24, 2.45) is 0 Å². The molecule has 0 saturated heterocycles. The number of rotatable bonds is 5. The average Bonchev–Trinajstić information content (AvgIpc) is 2.26. The minimum absolute atomic E-state index is 0.401. The number of ether oxygens (including phenoxy) is 1. The standard InChI is InChI=1S/C15H23NO/c1-4-12-6-5-7-14(8-12)17-15-9-13(10-15)16-11(2)3/h5-8,11,13,15-16H,4,9-10H2,1-3H3/t13-,15-. The molecule has 1 aliphatic rings. The van der Waals surface area contributed by atoms with E-state index in [-0.39, 0.29) is 0 Å². The van der Waals surface area contributed by atoms with Gasteiger partial charge in [0.15, 0.2) is 0 Å². The number of hydrogen-bond acceptors (Lipinski definition) is 2. The third-order valence-electron chi connectivity index (χ3n) is 3.27. The molecule has 2 nitrogen and oxygen atoms in total. The van der Waals surface area contributed by atoms with Gasteiger partial charge in [-0.1, -0.05) is 32.9 Å². The smallest absolute Gasteiger partial charge is 0.119 e. The van der Waals surface area contributed by atoms with Crippen molar-refractivity contribution in [1.29, 1.82) is 0 Å². The van der Waals surface area contributed by atoms with Crippen molar-refractivity contribution in [2.75, 3.05) is 0 Å². The van der Waals surface area contributed by atoms with Crippen LogP contribution in [-0.4, -0.2) is 18.2 Å². The normalized spacial score (nSPS) is 23.5. The Balaban J connectivity index is 1.79. The first-order valence-corrected chi connectivity index (χ1v) is 6.69. The summed E-state index contributed by atoms with van der Waals surface area (Å²) in [5.74, 6) is 1.03. The van der Waals surface area contributed by atoms with E-state index in [1.165, 1.54) is 5.56 Å². The Labute approximate surface area is 104 Å². The van der Waals surface area contributed by atoms with Crippen LogP contribution in [0.25, 0.3) is 0 Å². The van der Waals surface area contributed by atoms with Crippen molar-refractivity contribution in [3.8, 4) is 5.75 Å². The van der Waals surface area contributed by atoms with E-state index in [0.717, 1.165) is 25.0 Å². The van der Waals surface area contributed by atoms with Crippen LogP contribution >= 0.6 is 0 Å². The van der Waals surface area contributed by atoms with Crippen LogP contribution in [0.4, 0.5) is 0 Å². The van der Waals surface area contributed by atoms with Crippen LogP contribution in [0.2, 0.25) is 0 Å². The van der Waals surface area contributed by atoms with Crippen molar-refractivity contribution in [3.63, 3.8) is 0 Å². The zero-order valence-corrected chi connectivity index (χ0v) is 11.1. The van der Waals surface area contributed by atoms with Crippen LogP contribution in [0.5, 0.6) is 5.75 Å². The molecule has 0 atom stereocenters. The van der Waals surface area contributed by atoms with Crippen molar-refractivity contribution >= 4 is 0 Å². The van der Waals surface area contributed by atoms with Crippen LogP contribution < -0.4 is 10.1 Å². The predicted octanol–water partition coefficient (Wildman–Crippen LogP) is 3.16. The third-order valence-corrected chi connectivity index (χ3v) is 3.27. The first-order chi connectivity index (χ1) is 8.17. The minimum Gasteiger partial charge on any atom is -0.490 e. The quantitative estimate of drug-likeness (QED) is 0.843. The minimum atomic E-state index is 0.401. The van der Waals surface area contributed by atoms with E-state index in [1.807, 2.05) is 0 Å². The first-order valence-electron chi connectivity index (χ1n) is 6.69. The van der Waals surface area contributed by atoms with Gasteiger partial charge in [-0.15, -0.1) is 0 Å². The molecule has 2 heteroatoms. The number of benzene rings is 1. The summed E-state index contributed by atoms with van der Waals surface area (Å²) in [6.45, 7) is 6.56. The van der Waals surface area contributed by atoms with Gasteiger partial charge >= 0.3 is 0 Å². The molecule has 1 N–H and O–H groups in total. The van der Waals surface area contributed by atoms with Gasteiger partial charge < -0.3 is 10.1 Å². The van der Waals surface area contributed by atoms with Gasteiger partial charge in [0.05, 0.1) is 0 Å². The molecule has 0 aromatic heterocycles. The average molecular weight is 233 g/mol. The Morgan fingerprint density at radius 2 is 2.12 bits per heavy atom. The lowest BCUT2D eigenvalue weighted by Gasteiger charge is -2.37. The highest BCUT2D eigenvalue weighted by Gasteiger charge is 2.30. The summed E-state index contributed by atoms with van der Waals surface area (Å²) in [4.78, 5) is 0. The molecular formula is C15H23NO. The van der Waals surface area contributed by atoms with E-state index in [0.29, 0.717) is 18.2 Å². The van der Waals surface area contributed by atoms with Gasteiger partial charge in [0.1, 0.15) is 11.9 Å². The Kier molecular flexibility index (Phi) is 4.06. The summed E-state index contributed by atoms with van der Waals surface area (Å²) in [5, 5.41) is 3.54. The van der Waals surface area contributed by atoms with Gasteiger partial charge in [0.25, 0.3) is 0 Å². The molecule has 2 rings (SSSR count). The van der Waals surface area contributed by atoms with Crippen molar-refractivity contribution in [1.82, 2.24) is 5.32 Å². The fourth-order valence-corrected chi connectivity index (χ4v) is 2.30. The first kappa shape index (κ1) is 12.4. The van der Waals surface area contributed by atoms with E-state index in [2.05, 4.69) is 50.4 Å². The number of nitrogens with one attached hydrogen (secondary N) is 1. The molecule has 0 heterocycles. The summed E-state index contributed by atoms with van der Waals surface area (Å²) in [7, 11) is 0. The van der Waals surface area contributed by atoms with Crippen LogP contribution in [0, 0.1) is 0 Å². The van der Waals surface area contributed by atoms with Gasteiger partial charge in [-0.25, -0.2) is 0 Å². The summed E-state index contributed by atoms with van der Waals surface area (Å²) in [5.41, 5.74) is 1.35. The lowest BCUT2D eigenvalue weighted by Crippen LogP contribution is -2.49. The van der Waals surface area contributed by atoms with Crippen LogP contribution in [-0.2, 0) is 6.42 Å². The SMILES string of the molecule is CCc1cccc(O[C@H]2C[C@H](NC(C)C)C2)c1. The molecule has 0 radical (unpaired) electrons. The molecule has 1 aromatic rings. The highest BCUT2D eigenvalue weighted by molar-refractivity contribution is 5.28. The van der Waals surface area contributed by atoms with Crippen molar-refractivity contribution in [3.05, 3.63) is 29.8 Å². The molecule has 0 aliphatic heterocycles. The molecular weight excluding hydrogens is 210 g/mol. The molecule has 94 valence electrons. The lowest BCUT2D eigenvalue weighted by molar-refractivity contribution is 0.0814. The lowest BCUT2D eigenvalue weighted by atomic mass is 9.88. The Morgan fingerprint density at radius 1 is 1.35 bits per heavy atom. The number of hydrogen-bond donors (Lipinski definition) is 1. The van der Waals surface area contributed by atoms with E-state index >= 15 is 0 Å². The van der Waals surface area contributed by atoms with Crippen molar-refractivity contribution < 1.29 is 4.74 Å². The highest BCUT2D eigenvalue weighted by Crippen LogP contribution is 2.26. The van der Waals surface area contributed by atoms with Gasteiger partial charge in [0.2, 0.25) is 0 Å². The summed E-state index contributed by atoms with van der Waals surface area (Å²) >= 11 is 0. The van der Waals surface area contributed by atoms with E-state index in [4.69, 9.17) is 4.74 Å². The number of aryl methyl sites for hydroxylation is 1. The molecule has 0 unspecified atom stereocenters. The topological polar surface area (TPSA) is 21.3 Å². The van der Waals surface area contributed by atoms with Crippen LogP contribution in [0.1, 0.15) is 39.2 Å². The summed E-state index contributed by atoms with van der Waals surface area (Å²) < 4.78 is 5.96. The molecule has 17 heavy (non-hydrogen) atoms. The highest BCUT2D eigenvalue weighted by atomic mass is 16.5. The largest absolute Gasteiger partial charge is 0.490 e. The van der Waals surface area contributed by atoms with Crippen LogP contribution in [0.15, 0.2) is 24.3 Å². The maximum Gasteiger partial charge on any atom is 0.119 e. The maximum absolute atomic E-state index is 5.96. The predicted molar refractivity (Wildman–Crippen MR) is 71.5 cm³/mol. The van der Waals surface area contributed by atoms with E-state index < -0.39 is 0 Å². The molecule has 0 amide bonds. The molecule has 0 spiro atoms.